The molecule has 0 saturated heterocycles. The highest BCUT2D eigenvalue weighted by Gasteiger charge is 2.28. The Morgan fingerprint density at radius 3 is 2.75 bits per heavy atom. The Bertz CT molecular complexity index is 682. The molecule has 1 aliphatic rings. The van der Waals surface area contributed by atoms with E-state index in [9.17, 15) is 12.8 Å². The van der Waals surface area contributed by atoms with Crippen molar-refractivity contribution in [3.8, 4) is 5.75 Å². The van der Waals surface area contributed by atoms with Crippen molar-refractivity contribution in [1.82, 2.24) is 4.72 Å². The van der Waals surface area contributed by atoms with Gasteiger partial charge in [-0.1, -0.05) is 12.1 Å². The predicted molar refractivity (Wildman–Crippen MR) is 94.0 cm³/mol. The van der Waals surface area contributed by atoms with E-state index in [1.165, 1.54) is 6.07 Å². The Labute approximate surface area is 144 Å². The third-order valence-electron chi connectivity index (χ3n) is 4.06. The van der Waals surface area contributed by atoms with Crippen LogP contribution in [0.15, 0.2) is 30.9 Å². The van der Waals surface area contributed by atoms with Crippen molar-refractivity contribution in [2.45, 2.75) is 45.1 Å². The minimum atomic E-state index is -3.43. The van der Waals surface area contributed by atoms with Gasteiger partial charge in [-0.2, -0.15) is 0 Å². The van der Waals surface area contributed by atoms with Crippen molar-refractivity contribution in [3.63, 3.8) is 0 Å². The third-order valence-corrected chi connectivity index (χ3v) is 5.70. The van der Waals surface area contributed by atoms with Gasteiger partial charge in [-0.15, -0.1) is 6.58 Å². The second kappa shape index (κ2) is 7.66. The first-order valence-electron chi connectivity index (χ1n) is 8.29. The molecule has 1 aromatic carbocycles. The molecule has 134 valence electrons. The van der Waals surface area contributed by atoms with Crippen LogP contribution in [0.4, 0.5) is 4.39 Å². The number of nitrogens with one attached hydrogen (secondary N) is 1. The molecule has 0 unspecified atom stereocenters. The van der Waals surface area contributed by atoms with Crippen molar-refractivity contribution in [2.24, 2.45) is 5.92 Å². The summed E-state index contributed by atoms with van der Waals surface area (Å²) in [4.78, 5) is 0. The fraction of sp³-hybridized carbons (Fsp3) is 0.556. The number of ether oxygens (including phenoxy) is 1. The van der Waals surface area contributed by atoms with E-state index in [2.05, 4.69) is 11.3 Å². The Kier molecular flexibility index (Phi) is 6.04. The average molecular weight is 355 g/mol. The highest BCUT2D eigenvalue weighted by Crippen LogP contribution is 2.32. The van der Waals surface area contributed by atoms with E-state index in [-0.39, 0.29) is 11.5 Å². The Morgan fingerprint density at radius 2 is 2.12 bits per heavy atom. The standard InChI is InChI=1S/C18H26FNO3S/c1-4-5-6-11-24(21,22)20-18(2,3)15-9-10-16(19)17(12-15)23-13-14-7-8-14/h4,9-10,12,14,20H,1,5-8,11,13H2,2-3H3. The third kappa shape index (κ3) is 5.60. The first-order chi connectivity index (χ1) is 11.2. The molecular weight excluding hydrogens is 329 g/mol. The molecule has 1 aromatic rings. The van der Waals surface area contributed by atoms with Gasteiger partial charge in [0.05, 0.1) is 17.9 Å². The normalized spacial score (nSPS) is 15.3. The highest BCUT2D eigenvalue weighted by molar-refractivity contribution is 7.89. The topological polar surface area (TPSA) is 55.4 Å². The molecule has 1 fully saturated rings. The van der Waals surface area contributed by atoms with Gasteiger partial charge in [0.2, 0.25) is 10.0 Å². The molecule has 1 aliphatic carbocycles. The van der Waals surface area contributed by atoms with Crippen LogP contribution in [-0.4, -0.2) is 20.8 Å². The number of sulfonamides is 1. The molecule has 4 nitrogen and oxygen atoms in total. The number of hydrogen-bond acceptors (Lipinski definition) is 3. The molecule has 0 radical (unpaired) electrons. The molecule has 0 heterocycles. The molecule has 0 aliphatic heterocycles. The number of unbranched alkanes of at least 4 members (excludes halogenated alkanes) is 1. The van der Waals surface area contributed by atoms with E-state index in [1.54, 1.807) is 32.1 Å². The lowest BCUT2D eigenvalue weighted by molar-refractivity contribution is 0.284. The first-order valence-corrected chi connectivity index (χ1v) is 9.94. The van der Waals surface area contributed by atoms with Crippen LogP contribution in [0.25, 0.3) is 0 Å². The average Bonchev–Trinajstić information content (AvgIpc) is 3.29. The summed E-state index contributed by atoms with van der Waals surface area (Å²) in [7, 11) is -3.43. The van der Waals surface area contributed by atoms with Crippen LogP contribution in [0.5, 0.6) is 5.75 Å². The van der Waals surface area contributed by atoms with Crippen molar-refractivity contribution >= 4 is 10.0 Å². The number of rotatable bonds is 10. The molecule has 0 bridgehead atoms. The molecular formula is C18H26FNO3S. The number of benzene rings is 1. The molecule has 1 saturated carbocycles. The smallest absolute Gasteiger partial charge is 0.212 e. The lowest BCUT2D eigenvalue weighted by Crippen LogP contribution is -2.42. The maximum Gasteiger partial charge on any atom is 0.212 e. The zero-order valence-corrected chi connectivity index (χ0v) is 15.2. The van der Waals surface area contributed by atoms with E-state index in [0.29, 0.717) is 30.9 Å². The summed E-state index contributed by atoms with van der Waals surface area (Å²) >= 11 is 0. The largest absolute Gasteiger partial charge is 0.490 e. The second-order valence-corrected chi connectivity index (χ2v) is 8.72. The maximum atomic E-state index is 13.9. The van der Waals surface area contributed by atoms with Crippen molar-refractivity contribution in [2.75, 3.05) is 12.4 Å². The zero-order chi connectivity index (χ0) is 17.8. The Balaban J connectivity index is 2.09. The van der Waals surface area contributed by atoms with Gasteiger partial charge in [0.1, 0.15) is 0 Å². The predicted octanol–water partition coefficient (Wildman–Crippen LogP) is 3.74. The van der Waals surface area contributed by atoms with E-state index >= 15 is 0 Å². The van der Waals surface area contributed by atoms with Crippen LogP contribution in [0, 0.1) is 11.7 Å². The monoisotopic (exact) mass is 355 g/mol. The summed E-state index contributed by atoms with van der Waals surface area (Å²) in [6.07, 6.45) is 5.11. The zero-order valence-electron chi connectivity index (χ0n) is 14.3. The molecule has 2 rings (SSSR count). The van der Waals surface area contributed by atoms with Gasteiger partial charge in [0.15, 0.2) is 11.6 Å². The molecule has 1 N–H and O–H groups in total. The van der Waals surface area contributed by atoms with Gasteiger partial charge in [0, 0.05) is 0 Å². The van der Waals surface area contributed by atoms with E-state index < -0.39 is 21.4 Å². The number of hydrogen-bond donors (Lipinski definition) is 1. The summed E-state index contributed by atoms with van der Waals surface area (Å²) in [5, 5.41) is 0. The molecule has 0 amide bonds. The summed E-state index contributed by atoms with van der Waals surface area (Å²) < 4.78 is 46.6. The number of halogens is 1. The van der Waals surface area contributed by atoms with Gasteiger partial charge in [-0.25, -0.2) is 17.5 Å². The van der Waals surface area contributed by atoms with Crippen LogP contribution in [-0.2, 0) is 15.6 Å². The van der Waals surface area contributed by atoms with Crippen LogP contribution < -0.4 is 9.46 Å². The highest BCUT2D eigenvalue weighted by atomic mass is 32.2. The molecule has 24 heavy (non-hydrogen) atoms. The lowest BCUT2D eigenvalue weighted by atomic mass is 9.95. The van der Waals surface area contributed by atoms with Crippen LogP contribution in [0.2, 0.25) is 0 Å². The first kappa shape index (κ1) is 18.9. The van der Waals surface area contributed by atoms with Crippen molar-refractivity contribution in [1.29, 1.82) is 0 Å². The van der Waals surface area contributed by atoms with E-state index in [1.807, 2.05) is 0 Å². The fourth-order valence-corrected chi connectivity index (χ4v) is 3.96. The molecule has 0 spiro atoms. The van der Waals surface area contributed by atoms with Crippen molar-refractivity contribution < 1.29 is 17.5 Å². The minimum absolute atomic E-state index is 0.0364. The quantitative estimate of drug-likeness (QED) is 0.514. The SMILES string of the molecule is C=CCCCS(=O)(=O)NC(C)(C)c1ccc(F)c(OCC2CC2)c1. The van der Waals surface area contributed by atoms with E-state index in [4.69, 9.17) is 4.74 Å². The second-order valence-electron chi connectivity index (χ2n) is 6.88. The Morgan fingerprint density at radius 1 is 1.42 bits per heavy atom. The minimum Gasteiger partial charge on any atom is -0.490 e. The fourth-order valence-electron chi connectivity index (χ4n) is 2.41. The summed E-state index contributed by atoms with van der Waals surface area (Å²) in [6.45, 7) is 7.62. The van der Waals surface area contributed by atoms with Crippen molar-refractivity contribution in [3.05, 3.63) is 42.2 Å². The lowest BCUT2D eigenvalue weighted by Gasteiger charge is -2.27. The van der Waals surface area contributed by atoms with Gasteiger partial charge in [-0.3, -0.25) is 0 Å². The Hall–Kier alpha value is -1.40. The summed E-state index contributed by atoms with van der Waals surface area (Å²) in [6, 6.07) is 4.50. The van der Waals surface area contributed by atoms with Gasteiger partial charge in [-0.05, 0) is 63.1 Å². The van der Waals surface area contributed by atoms with Crippen LogP contribution in [0.3, 0.4) is 0 Å². The molecule has 6 heteroatoms. The van der Waals surface area contributed by atoms with Crippen LogP contribution >= 0.6 is 0 Å². The summed E-state index contributed by atoms with van der Waals surface area (Å²) in [5.41, 5.74) is -0.180. The van der Waals surface area contributed by atoms with Gasteiger partial charge in [0.25, 0.3) is 0 Å². The van der Waals surface area contributed by atoms with Gasteiger partial charge < -0.3 is 4.74 Å². The number of allylic oxidation sites excluding steroid dienone is 1. The van der Waals surface area contributed by atoms with Crippen LogP contribution in [0.1, 0.15) is 45.1 Å². The maximum absolute atomic E-state index is 13.9. The van der Waals surface area contributed by atoms with Gasteiger partial charge >= 0.3 is 0 Å². The molecule has 0 atom stereocenters. The summed E-state index contributed by atoms with van der Waals surface area (Å²) in [5.74, 6) is 0.307. The molecule has 0 aromatic heterocycles. The van der Waals surface area contributed by atoms with E-state index in [0.717, 1.165) is 12.8 Å².